The van der Waals surface area contributed by atoms with Gasteiger partial charge in [-0.05, 0) is 0 Å². The van der Waals surface area contributed by atoms with Crippen LogP contribution in [0.15, 0.2) is 0 Å². The van der Waals surface area contributed by atoms with E-state index in [4.69, 9.17) is 15.9 Å². The summed E-state index contributed by atoms with van der Waals surface area (Å²) in [5.74, 6) is -3.11. The molecular weight excluding hydrogens is 389 g/mol. The van der Waals surface area contributed by atoms with Crippen molar-refractivity contribution < 1.29 is 29.4 Å². The molecule has 0 aromatic rings. The van der Waals surface area contributed by atoms with Crippen LogP contribution in [0.25, 0.3) is 0 Å². The van der Waals surface area contributed by atoms with Crippen molar-refractivity contribution in [1.82, 2.24) is 10.6 Å². The molecule has 11 heteroatoms. The molecule has 0 aromatic heterocycles. The molecule has 0 fully saturated rings. The van der Waals surface area contributed by atoms with Gasteiger partial charge in [0.15, 0.2) is 0 Å². The van der Waals surface area contributed by atoms with E-state index in [-0.39, 0.29) is 12.8 Å². The predicted molar refractivity (Wildman–Crippen MR) is 87.4 cm³/mol. The first-order valence-electron chi connectivity index (χ1n) is 6.71. The van der Waals surface area contributed by atoms with E-state index in [1.165, 1.54) is 0 Å². The van der Waals surface area contributed by atoms with Crippen molar-refractivity contribution in [2.75, 3.05) is 12.3 Å². The Morgan fingerprint density at radius 2 is 1.83 bits per heavy atom. The average Bonchev–Trinajstić information content (AvgIpc) is 2.45. The zero-order valence-corrected chi connectivity index (χ0v) is 15.6. The number of nitrogens with one attached hydrogen (secondary N) is 2. The third-order valence-electron chi connectivity index (χ3n) is 2.56. The van der Waals surface area contributed by atoms with Gasteiger partial charge in [-0.2, -0.15) is 0 Å². The van der Waals surface area contributed by atoms with Gasteiger partial charge in [-0.15, -0.1) is 0 Å². The number of hydrogen-bond acceptors (Lipinski definition) is 6. The van der Waals surface area contributed by atoms with E-state index in [2.05, 4.69) is 22.1 Å². The first kappa shape index (κ1) is 21.7. The molecule has 2 atom stereocenters. The molecule has 132 valence electrons. The second kappa shape index (κ2) is 11.3. The fourth-order valence-electron chi connectivity index (χ4n) is 1.37. The van der Waals surface area contributed by atoms with Crippen LogP contribution < -0.4 is 16.4 Å². The molecular formula is C12H22AsN3O6S. The summed E-state index contributed by atoms with van der Waals surface area (Å²) in [5.41, 5.74) is 9.45. The zero-order chi connectivity index (χ0) is 18.0. The minimum atomic E-state index is -1.20. The normalized spacial score (nSPS) is 13.2. The van der Waals surface area contributed by atoms with E-state index in [0.29, 0.717) is 5.75 Å². The molecule has 0 aliphatic heterocycles. The molecule has 0 rings (SSSR count). The zero-order valence-electron chi connectivity index (χ0n) is 12.9. The molecule has 0 aliphatic carbocycles. The molecule has 9 nitrogen and oxygen atoms in total. The van der Waals surface area contributed by atoms with Gasteiger partial charge in [0.25, 0.3) is 0 Å². The van der Waals surface area contributed by atoms with Crippen LogP contribution in [-0.2, 0) is 19.2 Å². The standard InChI is InChI=1S/C12H22AsN3O6S/c1-13(2)23-6-8(11(20)15-5-10(18)19)16-9(17)4-3-7(14)12(21)22/h7-8H,3-6,14H2,1-2H3,(H,15,20)(H,16,17)(H,18,19)(H,21,22). The van der Waals surface area contributed by atoms with Crippen LogP contribution in [0.4, 0.5) is 0 Å². The number of nitrogens with two attached hydrogens (primary N) is 1. The maximum absolute atomic E-state index is 11.9. The third-order valence-corrected chi connectivity index (χ3v) is 7.75. The summed E-state index contributed by atoms with van der Waals surface area (Å²) in [6.07, 6.45) is -0.169. The van der Waals surface area contributed by atoms with Gasteiger partial charge < -0.3 is 0 Å². The molecule has 0 saturated carbocycles. The molecule has 0 aliphatic rings. The van der Waals surface area contributed by atoms with E-state index in [9.17, 15) is 19.2 Å². The summed E-state index contributed by atoms with van der Waals surface area (Å²) in [4.78, 5) is 44.8. The Bertz CT molecular complexity index is 449. The quantitative estimate of drug-likeness (QED) is 0.267. The molecule has 0 bridgehead atoms. The Labute approximate surface area is 142 Å². The molecule has 6 N–H and O–H groups in total. The van der Waals surface area contributed by atoms with Crippen LogP contribution in [0.5, 0.6) is 0 Å². The number of carbonyl (C=O) groups is 4. The number of carboxylic acids is 2. The SMILES string of the molecule is C[As](C)SCC(NC(=O)CCC(N)C(=O)O)C(=O)NCC(=O)O. The maximum atomic E-state index is 11.9. The second-order valence-electron chi connectivity index (χ2n) is 4.82. The number of carbonyl (C=O) groups excluding carboxylic acids is 2. The monoisotopic (exact) mass is 411 g/mol. The van der Waals surface area contributed by atoms with Crippen LogP contribution in [0.3, 0.4) is 0 Å². The number of carboxylic acid groups (broad SMARTS) is 2. The van der Waals surface area contributed by atoms with Gasteiger partial charge in [-0.25, -0.2) is 0 Å². The first-order chi connectivity index (χ1) is 10.6. The molecule has 0 saturated heterocycles. The Morgan fingerprint density at radius 3 is 2.30 bits per heavy atom. The molecule has 0 heterocycles. The van der Waals surface area contributed by atoms with E-state index >= 15 is 0 Å². The summed E-state index contributed by atoms with van der Waals surface area (Å²) < 4.78 is 0. The van der Waals surface area contributed by atoms with Crippen LogP contribution in [0.2, 0.25) is 11.4 Å². The molecule has 23 heavy (non-hydrogen) atoms. The van der Waals surface area contributed by atoms with Gasteiger partial charge in [0, 0.05) is 0 Å². The number of amides is 2. The van der Waals surface area contributed by atoms with Crippen LogP contribution in [0.1, 0.15) is 12.8 Å². The topological polar surface area (TPSA) is 159 Å². The van der Waals surface area contributed by atoms with Crippen molar-refractivity contribution in [3.05, 3.63) is 0 Å². The summed E-state index contributed by atoms with van der Waals surface area (Å²) in [6.45, 7) is -0.528. The van der Waals surface area contributed by atoms with Gasteiger partial charge >= 0.3 is 142 Å². The van der Waals surface area contributed by atoms with Gasteiger partial charge in [-0.1, -0.05) is 0 Å². The van der Waals surface area contributed by atoms with Crippen LogP contribution in [-0.4, -0.2) is 71.8 Å². The molecule has 0 radical (unpaired) electrons. The van der Waals surface area contributed by atoms with Gasteiger partial charge in [-0.3, -0.25) is 0 Å². The number of aliphatic carboxylic acids is 2. The van der Waals surface area contributed by atoms with Crippen LogP contribution in [0, 0.1) is 0 Å². The Morgan fingerprint density at radius 1 is 1.22 bits per heavy atom. The summed E-state index contributed by atoms with van der Waals surface area (Å²) in [7, 11) is 1.58. The van der Waals surface area contributed by atoms with Crippen molar-refractivity contribution in [1.29, 1.82) is 0 Å². The van der Waals surface area contributed by atoms with Crippen molar-refractivity contribution in [3.8, 4) is 0 Å². The Kier molecular flexibility index (Phi) is 10.7. The first-order valence-corrected chi connectivity index (χ1v) is 13.7. The minimum absolute atomic E-state index is 0.0445. The van der Waals surface area contributed by atoms with Crippen molar-refractivity contribution in [3.63, 3.8) is 0 Å². The van der Waals surface area contributed by atoms with E-state index < -0.39 is 55.9 Å². The van der Waals surface area contributed by atoms with Crippen molar-refractivity contribution in [2.24, 2.45) is 5.73 Å². The van der Waals surface area contributed by atoms with Crippen molar-refractivity contribution >= 4 is 47.3 Å². The number of rotatable bonds is 11. The fraction of sp³-hybridized carbons (Fsp3) is 0.667. The summed E-state index contributed by atoms with van der Waals surface area (Å²) in [5, 5.41) is 22.0. The number of hydrogen-bond donors (Lipinski definition) is 5. The second-order valence-corrected chi connectivity index (χ2v) is 14.2. The van der Waals surface area contributed by atoms with Crippen molar-refractivity contribution in [2.45, 2.75) is 36.3 Å². The third kappa shape index (κ3) is 11.0. The predicted octanol–water partition coefficient (Wildman–Crippen LogP) is -1.15. The Balaban J connectivity index is 4.54. The summed E-state index contributed by atoms with van der Waals surface area (Å²) in [6, 6.07) is -2.00. The van der Waals surface area contributed by atoms with E-state index in [1.54, 1.807) is 10.0 Å². The molecule has 0 spiro atoms. The molecule has 0 aromatic carbocycles. The molecule has 2 unspecified atom stereocenters. The van der Waals surface area contributed by atoms with Gasteiger partial charge in [0.1, 0.15) is 0 Å². The summed E-state index contributed by atoms with van der Waals surface area (Å²) >= 11 is -1.09. The molecule has 2 amide bonds. The van der Waals surface area contributed by atoms with E-state index in [0.717, 1.165) is 0 Å². The van der Waals surface area contributed by atoms with E-state index in [1.807, 2.05) is 0 Å². The fourth-order valence-corrected chi connectivity index (χ4v) is 4.87. The Hall–Kier alpha value is -1.25. The van der Waals surface area contributed by atoms with Crippen LogP contribution >= 0.6 is 10.0 Å². The van der Waals surface area contributed by atoms with Gasteiger partial charge in [0.05, 0.1) is 0 Å². The average molecular weight is 411 g/mol. The van der Waals surface area contributed by atoms with Gasteiger partial charge in [0.2, 0.25) is 0 Å².